The molecule has 1 unspecified atom stereocenters. The second-order valence-corrected chi connectivity index (χ2v) is 5.16. The van der Waals surface area contributed by atoms with Crippen LogP contribution in [0.5, 0.6) is 0 Å². The van der Waals surface area contributed by atoms with Gasteiger partial charge in [-0.05, 0) is 19.3 Å². The molecule has 2 aromatic carbocycles. The minimum atomic E-state index is 0. The molecule has 17 heavy (non-hydrogen) atoms. The van der Waals surface area contributed by atoms with Crippen molar-refractivity contribution in [2.75, 3.05) is 0 Å². The van der Waals surface area contributed by atoms with Gasteiger partial charge in [0.25, 0.3) is 0 Å². The van der Waals surface area contributed by atoms with Gasteiger partial charge in [-0.2, -0.15) is 6.07 Å². The zero-order valence-electron chi connectivity index (χ0n) is 11.2. The molecule has 3 rings (SSSR count). The van der Waals surface area contributed by atoms with Crippen molar-refractivity contribution in [3.8, 4) is 0 Å². The van der Waals surface area contributed by atoms with Gasteiger partial charge in [-0.15, -0.1) is 34.5 Å². The molecule has 0 aliphatic heterocycles. The van der Waals surface area contributed by atoms with Crippen LogP contribution in [-0.4, -0.2) is 0 Å². The molecule has 1 aliphatic carbocycles. The molecular weight excluding hydrogens is 199 g/mol. The number of fused-ring (bicyclic) bond motifs is 2. The van der Waals surface area contributed by atoms with E-state index in [1.165, 1.54) is 36.5 Å². The molecule has 0 bridgehead atoms. The molecule has 1 atom stereocenters. The van der Waals surface area contributed by atoms with Gasteiger partial charge in [0.2, 0.25) is 0 Å². The van der Waals surface area contributed by atoms with Crippen molar-refractivity contribution < 1.29 is 18.9 Å². The molecule has 0 heterocycles. The van der Waals surface area contributed by atoms with E-state index in [2.05, 4.69) is 38.1 Å². The van der Waals surface area contributed by atoms with Crippen LogP contribution in [0.1, 0.15) is 49.3 Å². The van der Waals surface area contributed by atoms with Crippen LogP contribution in [0.2, 0.25) is 0 Å². The van der Waals surface area contributed by atoms with Crippen LogP contribution < -0.4 is 18.9 Å². The SMILES string of the molecule is CCC(C)[c-]1ccc2cc3c(cc21)CCC3.[Li+]. The summed E-state index contributed by atoms with van der Waals surface area (Å²) in [6, 6.07) is 9.51. The Morgan fingerprint density at radius 1 is 1.24 bits per heavy atom. The second kappa shape index (κ2) is 4.97. The molecule has 0 aromatic heterocycles. The van der Waals surface area contributed by atoms with Crippen molar-refractivity contribution in [2.24, 2.45) is 0 Å². The minimum Gasteiger partial charge on any atom is -0.168 e. The van der Waals surface area contributed by atoms with E-state index in [0.717, 1.165) is 0 Å². The summed E-state index contributed by atoms with van der Waals surface area (Å²) in [4.78, 5) is 0. The summed E-state index contributed by atoms with van der Waals surface area (Å²) in [6.07, 6.45) is 5.16. The van der Waals surface area contributed by atoms with Crippen LogP contribution >= 0.6 is 0 Å². The molecule has 1 heteroatoms. The molecule has 0 radical (unpaired) electrons. The molecule has 0 N–H and O–H groups in total. The van der Waals surface area contributed by atoms with Crippen molar-refractivity contribution in [3.05, 3.63) is 41.0 Å². The van der Waals surface area contributed by atoms with Crippen molar-refractivity contribution in [2.45, 2.75) is 45.4 Å². The van der Waals surface area contributed by atoms with E-state index in [1.807, 2.05) is 0 Å². The second-order valence-electron chi connectivity index (χ2n) is 5.16. The van der Waals surface area contributed by atoms with Gasteiger partial charge in [0, 0.05) is 0 Å². The largest absolute Gasteiger partial charge is 1.00 e. The Labute approximate surface area is 116 Å². The predicted octanol–water partition coefficient (Wildman–Crippen LogP) is 1.56. The van der Waals surface area contributed by atoms with Gasteiger partial charge in [0.05, 0.1) is 0 Å². The minimum absolute atomic E-state index is 0. The third-order valence-electron chi connectivity index (χ3n) is 4.16. The monoisotopic (exact) mass is 218 g/mol. The van der Waals surface area contributed by atoms with Crippen LogP contribution in [0.4, 0.5) is 0 Å². The Kier molecular flexibility index (Phi) is 3.76. The van der Waals surface area contributed by atoms with E-state index in [9.17, 15) is 0 Å². The maximum absolute atomic E-state index is 2.46. The van der Waals surface area contributed by atoms with Crippen LogP contribution in [0, 0.1) is 0 Å². The van der Waals surface area contributed by atoms with Gasteiger partial charge >= 0.3 is 18.9 Å². The van der Waals surface area contributed by atoms with Crippen LogP contribution in [-0.2, 0) is 12.8 Å². The fourth-order valence-electron chi connectivity index (χ4n) is 2.95. The van der Waals surface area contributed by atoms with Crippen molar-refractivity contribution >= 4 is 10.8 Å². The third-order valence-corrected chi connectivity index (χ3v) is 4.16. The van der Waals surface area contributed by atoms with E-state index in [4.69, 9.17) is 0 Å². The first-order valence-corrected chi connectivity index (χ1v) is 6.50. The Hall–Kier alpha value is -0.573. The molecule has 0 fully saturated rings. The van der Waals surface area contributed by atoms with Crippen molar-refractivity contribution in [1.29, 1.82) is 0 Å². The molecule has 0 spiro atoms. The van der Waals surface area contributed by atoms with Gasteiger partial charge in [-0.3, -0.25) is 0 Å². The van der Waals surface area contributed by atoms with Gasteiger partial charge in [-0.25, -0.2) is 0 Å². The Bertz CT molecular complexity index is 522. The van der Waals surface area contributed by atoms with Gasteiger partial charge in [-0.1, -0.05) is 37.3 Å². The maximum atomic E-state index is 2.46. The molecule has 0 saturated heterocycles. The number of hydrogen-bond acceptors (Lipinski definition) is 0. The maximum Gasteiger partial charge on any atom is 1.00 e. The quantitative estimate of drug-likeness (QED) is 0.530. The molecule has 84 valence electrons. The van der Waals surface area contributed by atoms with Crippen LogP contribution in [0.15, 0.2) is 24.3 Å². The first-order valence-electron chi connectivity index (χ1n) is 6.50. The smallest absolute Gasteiger partial charge is 0.168 e. The first kappa shape index (κ1) is 12.9. The van der Waals surface area contributed by atoms with E-state index in [1.54, 1.807) is 16.7 Å². The molecule has 0 nitrogen and oxygen atoms in total. The van der Waals surface area contributed by atoms with Gasteiger partial charge < -0.3 is 0 Å². The van der Waals surface area contributed by atoms with Gasteiger partial charge in [0.1, 0.15) is 0 Å². The average Bonchev–Trinajstić information content (AvgIpc) is 2.90. The summed E-state index contributed by atoms with van der Waals surface area (Å²) in [5, 5.41) is 2.96. The van der Waals surface area contributed by atoms with Crippen LogP contribution in [0.3, 0.4) is 0 Å². The van der Waals surface area contributed by atoms with E-state index < -0.39 is 0 Å². The molecule has 0 amide bonds. The summed E-state index contributed by atoms with van der Waals surface area (Å²) in [7, 11) is 0. The summed E-state index contributed by atoms with van der Waals surface area (Å²) in [5.74, 6) is 0.692. The summed E-state index contributed by atoms with van der Waals surface area (Å²) in [5.41, 5.74) is 4.74. The predicted molar refractivity (Wildman–Crippen MR) is 70.3 cm³/mol. The topological polar surface area (TPSA) is 0 Å². The fourth-order valence-corrected chi connectivity index (χ4v) is 2.95. The van der Waals surface area contributed by atoms with E-state index in [-0.39, 0.29) is 18.9 Å². The average molecular weight is 218 g/mol. The summed E-state index contributed by atoms with van der Waals surface area (Å²) in [6.45, 7) is 4.61. The zero-order valence-corrected chi connectivity index (χ0v) is 11.2. The number of benzene rings is 1. The normalized spacial score (nSPS) is 15.6. The number of aryl methyl sites for hydroxylation is 2. The zero-order chi connectivity index (χ0) is 11.1. The van der Waals surface area contributed by atoms with Gasteiger partial charge in [0.15, 0.2) is 0 Å². The molecule has 1 aliphatic rings. The fraction of sp³-hybridized carbons (Fsp3) is 0.438. The molecule has 2 aromatic rings. The molecular formula is C16H19Li. The Morgan fingerprint density at radius 2 is 1.94 bits per heavy atom. The summed E-state index contributed by atoms with van der Waals surface area (Å²) >= 11 is 0. The number of hydrogen-bond donors (Lipinski definition) is 0. The Balaban J connectivity index is 0.00000108. The number of rotatable bonds is 2. The summed E-state index contributed by atoms with van der Waals surface area (Å²) < 4.78 is 0. The third kappa shape index (κ3) is 2.10. The molecule has 0 saturated carbocycles. The first-order chi connectivity index (χ1) is 7.79. The Morgan fingerprint density at radius 3 is 2.65 bits per heavy atom. The van der Waals surface area contributed by atoms with E-state index in [0.29, 0.717) is 5.92 Å². The van der Waals surface area contributed by atoms with Crippen molar-refractivity contribution in [3.63, 3.8) is 0 Å². The van der Waals surface area contributed by atoms with E-state index >= 15 is 0 Å². The van der Waals surface area contributed by atoms with Crippen molar-refractivity contribution in [1.82, 2.24) is 0 Å². The van der Waals surface area contributed by atoms with Crippen LogP contribution in [0.25, 0.3) is 10.8 Å². The standard InChI is InChI=1S/C16H19.Li/c1-3-11(2)15-8-7-14-9-12-5-4-6-13(12)10-16(14)15;/h7-11H,3-6H2,1-2H3;/q-1;+1.